The van der Waals surface area contributed by atoms with Gasteiger partial charge in [0, 0.05) is 48.0 Å². The lowest BCUT2D eigenvalue weighted by atomic mass is 9.97. The van der Waals surface area contributed by atoms with Crippen molar-refractivity contribution < 1.29 is 19.1 Å². The highest BCUT2D eigenvalue weighted by Crippen LogP contribution is 2.33. The average molecular weight is 381 g/mol. The minimum atomic E-state index is -1.12. The molecule has 0 spiro atoms. The minimum absolute atomic E-state index is 0.00495. The molecule has 0 aliphatic rings. The number of hydrogen-bond acceptors (Lipinski definition) is 5. The highest BCUT2D eigenvalue weighted by atomic mass is 19.1. The first-order valence-electron chi connectivity index (χ1n) is 8.32. The molecule has 0 aliphatic heterocycles. The molecule has 0 bridgehead atoms. The summed E-state index contributed by atoms with van der Waals surface area (Å²) in [7, 11) is 0. The van der Waals surface area contributed by atoms with Crippen LogP contribution in [0.4, 0.5) is 15.0 Å². The second kappa shape index (κ2) is 8.21. The van der Waals surface area contributed by atoms with Crippen molar-refractivity contribution >= 4 is 17.8 Å². The van der Waals surface area contributed by atoms with Gasteiger partial charge in [-0.3, -0.25) is 15.3 Å². The number of pyridine rings is 3. The zero-order valence-corrected chi connectivity index (χ0v) is 14.8. The van der Waals surface area contributed by atoms with E-state index in [1.807, 2.05) is 0 Å². The van der Waals surface area contributed by atoms with Crippen molar-refractivity contribution in [3.05, 3.63) is 60.6 Å². The molecule has 3 rings (SSSR count). The van der Waals surface area contributed by atoms with Gasteiger partial charge < -0.3 is 10.4 Å². The van der Waals surface area contributed by atoms with Crippen LogP contribution >= 0.6 is 0 Å². The zero-order chi connectivity index (χ0) is 20.1. The number of halogens is 1. The van der Waals surface area contributed by atoms with Crippen LogP contribution in [0.25, 0.3) is 22.3 Å². The van der Waals surface area contributed by atoms with Crippen LogP contribution < -0.4 is 10.6 Å². The van der Waals surface area contributed by atoms with E-state index in [1.165, 1.54) is 36.9 Å². The standard InChI is InChI=1S/C19H16FN5O3/c1-2-23-19(28)25-17-5-15(12-4-14(20)9-22-7-12)16(10-24-17)11-3-13(18(26)27)8-21-6-11/h3-10H,2H2,1H3,(H,26,27)(H2,23,24,25,28). The monoisotopic (exact) mass is 381 g/mol. The zero-order valence-electron chi connectivity index (χ0n) is 14.8. The van der Waals surface area contributed by atoms with E-state index in [0.717, 1.165) is 6.20 Å². The predicted octanol–water partition coefficient (Wildman–Crippen LogP) is 3.18. The number of urea groups is 1. The molecular weight excluding hydrogens is 365 g/mol. The van der Waals surface area contributed by atoms with Crippen molar-refractivity contribution in [2.24, 2.45) is 0 Å². The Morgan fingerprint density at radius 3 is 2.39 bits per heavy atom. The van der Waals surface area contributed by atoms with Gasteiger partial charge in [-0.1, -0.05) is 0 Å². The Kier molecular flexibility index (Phi) is 5.54. The Hall–Kier alpha value is -3.88. The molecular formula is C19H16FN5O3. The predicted molar refractivity (Wildman–Crippen MR) is 100 cm³/mol. The van der Waals surface area contributed by atoms with E-state index in [2.05, 4.69) is 25.6 Å². The molecule has 3 aromatic rings. The van der Waals surface area contributed by atoms with Crippen LogP contribution in [0.5, 0.6) is 0 Å². The number of rotatable bonds is 5. The quantitative estimate of drug-likeness (QED) is 0.625. The summed E-state index contributed by atoms with van der Waals surface area (Å²) in [6.45, 7) is 2.22. The van der Waals surface area contributed by atoms with Gasteiger partial charge in [0.1, 0.15) is 11.6 Å². The summed E-state index contributed by atoms with van der Waals surface area (Å²) in [4.78, 5) is 35.0. The van der Waals surface area contributed by atoms with E-state index in [-0.39, 0.29) is 11.4 Å². The van der Waals surface area contributed by atoms with Gasteiger partial charge in [-0.25, -0.2) is 19.0 Å². The van der Waals surface area contributed by atoms with Gasteiger partial charge in [-0.2, -0.15) is 0 Å². The number of nitrogens with zero attached hydrogens (tertiary/aromatic N) is 3. The molecule has 3 heterocycles. The summed E-state index contributed by atoms with van der Waals surface area (Å²) in [5, 5.41) is 14.4. The fraction of sp³-hybridized carbons (Fsp3) is 0.105. The molecule has 0 saturated carbocycles. The van der Waals surface area contributed by atoms with Gasteiger partial charge >= 0.3 is 12.0 Å². The third kappa shape index (κ3) is 4.26. The lowest BCUT2D eigenvalue weighted by Crippen LogP contribution is -2.28. The smallest absolute Gasteiger partial charge is 0.337 e. The molecule has 3 aromatic heterocycles. The molecule has 0 fully saturated rings. The van der Waals surface area contributed by atoms with Gasteiger partial charge in [0.2, 0.25) is 0 Å². The number of nitrogens with one attached hydrogen (secondary N) is 2. The molecule has 142 valence electrons. The molecule has 0 unspecified atom stereocenters. The van der Waals surface area contributed by atoms with Crippen LogP contribution in [0.3, 0.4) is 0 Å². The van der Waals surface area contributed by atoms with Crippen LogP contribution in [0.2, 0.25) is 0 Å². The molecule has 8 nitrogen and oxygen atoms in total. The van der Waals surface area contributed by atoms with Gasteiger partial charge in [-0.05, 0) is 30.7 Å². The van der Waals surface area contributed by atoms with Crippen molar-refractivity contribution in [3.8, 4) is 22.3 Å². The molecule has 28 heavy (non-hydrogen) atoms. The maximum atomic E-state index is 13.7. The number of carboxylic acids is 1. The number of carboxylic acid groups (broad SMARTS) is 1. The van der Waals surface area contributed by atoms with Gasteiger partial charge in [0.25, 0.3) is 0 Å². The largest absolute Gasteiger partial charge is 0.478 e. The fourth-order valence-electron chi connectivity index (χ4n) is 2.58. The van der Waals surface area contributed by atoms with Gasteiger partial charge in [0.15, 0.2) is 0 Å². The molecule has 0 aliphatic carbocycles. The van der Waals surface area contributed by atoms with Gasteiger partial charge in [-0.15, -0.1) is 0 Å². The Labute approximate surface area is 159 Å². The molecule has 9 heteroatoms. The number of amides is 2. The topological polar surface area (TPSA) is 117 Å². The van der Waals surface area contributed by atoms with E-state index < -0.39 is 17.8 Å². The fourth-order valence-corrected chi connectivity index (χ4v) is 2.58. The summed E-state index contributed by atoms with van der Waals surface area (Å²) in [6, 6.07) is 3.87. The van der Waals surface area contributed by atoms with E-state index in [9.17, 15) is 19.1 Å². The first-order valence-corrected chi connectivity index (χ1v) is 8.32. The normalized spacial score (nSPS) is 10.4. The number of carbonyl (C=O) groups is 2. The Morgan fingerprint density at radius 1 is 1.00 bits per heavy atom. The highest BCUT2D eigenvalue weighted by molar-refractivity contribution is 5.93. The van der Waals surface area contributed by atoms with Crippen LogP contribution in [-0.4, -0.2) is 38.6 Å². The van der Waals surface area contributed by atoms with Gasteiger partial charge in [0.05, 0.1) is 11.8 Å². The highest BCUT2D eigenvalue weighted by Gasteiger charge is 2.14. The van der Waals surface area contributed by atoms with E-state index in [0.29, 0.717) is 28.8 Å². The number of hydrogen-bond donors (Lipinski definition) is 3. The van der Waals surface area contributed by atoms with Crippen molar-refractivity contribution in [1.29, 1.82) is 0 Å². The van der Waals surface area contributed by atoms with Crippen molar-refractivity contribution in [1.82, 2.24) is 20.3 Å². The van der Waals surface area contributed by atoms with Crippen LogP contribution in [-0.2, 0) is 0 Å². The average Bonchev–Trinajstić information content (AvgIpc) is 2.68. The van der Waals surface area contributed by atoms with E-state index in [1.54, 1.807) is 13.0 Å². The number of aromatic carboxylic acids is 1. The first kappa shape index (κ1) is 18.9. The molecule has 0 aromatic carbocycles. The number of anilines is 1. The SMILES string of the molecule is CCNC(=O)Nc1cc(-c2cncc(F)c2)c(-c2cncc(C(=O)O)c2)cn1. The van der Waals surface area contributed by atoms with Crippen LogP contribution in [0.15, 0.2) is 49.2 Å². The van der Waals surface area contributed by atoms with E-state index in [4.69, 9.17) is 0 Å². The Bertz CT molecular complexity index is 1040. The van der Waals surface area contributed by atoms with Crippen molar-refractivity contribution in [3.63, 3.8) is 0 Å². The van der Waals surface area contributed by atoms with Crippen LogP contribution in [0.1, 0.15) is 17.3 Å². The maximum absolute atomic E-state index is 13.7. The van der Waals surface area contributed by atoms with Crippen molar-refractivity contribution in [2.75, 3.05) is 11.9 Å². The summed E-state index contributed by atoms with van der Waals surface area (Å²) < 4.78 is 13.7. The molecule has 0 atom stereocenters. The minimum Gasteiger partial charge on any atom is -0.478 e. The first-order chi connectivity index (χ1) is 13.5. The third-order valence-corrected chi connectivity index (χ3v) is 3.79. The lowest BCUT2D eigenvalue weighted by Gasteiger charge is -2.13. The summed E-state index contributed by atoms with van der Waals surface area (Å²) in [6.07, 6.45) is 6.71. The summed E-state index contributed by atoms with van der Waals surface area (Å²) in [5.41, 5.74) is 1.96. The molecule has 2 amide bonds. The second-order valence-electron chi connectivity index (χ2n) is 5.76. The van der Waals surface area contributed by atoms with Crippen LogP contribution in [0, 0.1) is 5.82 Å². The summed E-state index contributed by atoms with van der Waals surface area (Å²) >= 11 is 0. The third-order valence-electron chi connectivity index (χ3n) is 3.79. The number of carbonyl (C=O) groups excluding carboxylic acids is 1. The second-order valence-corrected chi connectivity index (χ2v) is 5.76. The lowest BCUT2D eigenvalue weighted by molar-refractivity contribution is 0.0696. The maximum Gasteiger partial charge on any atom is 0.337 e. The van der Waals surface area contributed by atoms with Crippen molar-refractivity contribution in [2.45, 2.75) is 6.92 Å². The Balaban J connectivity index is 2.12. The van der Waals surface area contributed by atoms with E-state index >= 15 is 0 Å². The number of aromatic nitrogens is 3. The molecule has 3 N–H and O–H groups in total. The molecule has 0 saturated heterocycles. The Morgan fingerprint density at radius 2 is 1.71 bits per heavy atom. The summed E-state index contributed by atoms with van der Waals surface area (Å²) in [5.74, 6) is -1.40. The molecule has 0 radical (unpaired) electrons.